The van der Waals surface area contributed by atoms with Gasteiger partial charge in [0.25, 0.3) is 5.91 Å². The molecule has 7 heteroatoms. The van der Waals surface area contributed by atoms with Crippen molar-refractivity contribution in [3.05, 3.63) is 72.6 Å². The maximum Gasteiger partial charge on any atom is 0.338 e. The van der Waals surface area contributed by atoms with Crippen LogP contribution in [0.15, 0.2) is 71.9 Å². The number of thioether (sulfide) groups is 1. The smallest absolute Gasteiger partial charge is 0.338 e. The molecule has 0 saturated carbocycles. The molecule has 0 saturated heterocycles. The number of rotatable bonds is 4. The topological polar surface area (TPSA) is 64.4 Å². The summed E-state index contributed by atoms with van der Waals surface area (Å²) in [5.74, 6) is -0.732. The number of carbonyl (C=O) groups excluding carboxylic acids is 2. The van der Waals surface area contributed by atoms with Gasteiger partial charge in [-0.3, -0.25) is 4.79 Å². The highest BCUT2D eigenvalue weighted by Crippen LogP contribution is 2.37. The summed E-state index contributed by atoms with van der Waals surface area (Å²) in [6.45, 7) is 2.48. The molecule has 148 valence electrons. The molecular formula is C22H21N3O3S. The van der Waals surface area contributed by atoms with Gasteiger partial charge in [0, 0.05) is 29.1 Å². The Morgan fingerprint density at radius 2 is 1.93 bits per heavy atom. The number of hydrogen-bond acceptors (Lipinski definition) is 5. The van der Waals surface area contributed by atoms with Crippen LogP contribution in [0.2, 0.25) is 0 Å². The largest absolute Gasteiger partial charge is 0.452 e. The summed E-state index contributed by atoms with van der Waals surface area (Å²) in [5.41, 5.74) is 2.12. The van der Waals surface area contributed by atoms with E-state index in [4.69, 9.17) is 4.74 Å². The number of nitrogens with zero attached hydrogens (tertiary/aromatic N) is 3. The lowest BCUT2D eigenvalue weighted by molar-refractivity contribution is -0.121. The van der Waals surface area contributed by atoms with Gasteiger partial charge >= 0.3 is 5.97 Å². The van der Waals surface area contributed by atoms with E-state index in [9.17, 15) is 9.59 Å². The molecule has 0 bridgehead atoms. The van der Waals surface area contributed by atoms with Crippen LogP contribution in [-0.2, 0) is 9.53 Å². The van der Waals surface area contributed by atoms with Crippen LogP contribution in [0.25, 0.3) is 5.69 Å². The SMILES string of the molecule is CC1CCN(C(=O)COC(=O)c2ccc(-n3cccn3)cc2)c2ccccc2S1. The van der Waals surface area contributed by atoms with Crippen molar-refractivity contribution in [3.63, 3.8) is 0 Å². The lowest BCUT2D eigenvalue weighted by Crippen LogP contribution is -2.35. The van der Waals surface area contributed by atoms with Crippen LogP contribution in [0.3, 0.4) is 0 Å². The average molecular weight is 407 g/mol. The first kappa shape index (κ1) is 19.3. The van der Waals surface area contributed by atoms with Gasteiger partial charge in [-0.1, -0.05) is 19.1 Å². The predicted molar refractivity (Wildman–Crippen MR) is 113 cm³/mol. The number of ether oxygens (including phenoxy) is 1. The zero-order valence-corrected chi connectivity index (χ0v) is 16.8. The van der Waals surface area contributed by atoms with E-state index < -0.39 is 5.97 Å². The van der Waals surface area contributed by atoms with Crippen LogP contribution >= 0.6 is 11.8 Å². The molecule has 0 N–H and O–H groups in total. The van der Waals surface area contributed by atoms with Crippen molar-refractivity contribution in [1.29, 1.82) is 0 Å². The van der Waals surface area contributed by atoms with E-state index in [-0.39, 0.29) is 12.5 Å². The third kappa shape index (κ3) is 4.35. The summed E-state index contributed by atoms with van der Waals surface area (Å²) in [4.78, 5) is 28.0. The molecule has 4 rings (SSSR count). The van der Waals surface area contributed by atoms with Crippen molar-refractivity contribution in [3.8, 4) is 5.69 Å². The number of benzene rings is 2. The van der Waals surface area contributed by atoms with Gasteiger partial charge < -0.3 is 9.64 Å². The molecule has 0 spiro atoms. The molecule has 1 amide bonds. The second kappa shape index (κ2) is 8.53. The van der Waals surface area contributed by atoms with Crippen LogP contribution in [0, 0.1) is 0 Å². The fourth-order valence-corrected chi connectivity index (χ4v) is 4.32. The number of aromatic nitrogens is 2. The maximum atomic E-state index is 12.8. The lowest BCUT2D eigenvalue weighted by atomic mass is 10.2. The maximum absolute atomic E-state index is 12.8. The molecule has 2 aromatic carbocycles. The number of para-hydroxylation sites is 1. The normalized spacial score (nSPS) is 16.0. The highest BCUT2D eigenvalue weighted by atomic mass is 32.2. The lowest BCUT2D eigenvalue weighted by Gasteiger charge is -2.22. The first-order valence-electron chi connectivity index (χ1n) is 9.45. The molecule has 1 unspecified atom stereocenters. The Balaban J connectivity index is 1.41. The number of esters is 1. The summed E-state index contributed by atoms with van der Waals surface area (Å²) in [6.07, 6.45) is 4.39. The summed E-state index contributed by atoms with van der Waals surface area (Å²) in [5, 5.41) is 4.57. The van der Waals surface area contributed by atoms with E-state index in [0.29, 0.717) is 17.4 Å². The third-order valence-corrected chi connectivity index (χ3v) is 5.98. The molecule has 1 aliphatic heterocycles. The van der Waals surface area contributed by atoms with Gasteiger partial charge in [-0.15, -0.1) is 11.8 Å². The predicted octanol–water partition coefficient (Wildman–Crippen LogP) is 3.95. The molecule has 0 aliphatic carbocycles. The number of carbonyl (C=O) groups is 2. The van der Waals surface area contributed by atoms with Crippen LogP contribution in [0.1, 0.15) is 23.7 Å². The van der Waals surface area contributed by atoms with Gasteiger partial charge in [0.2, 0.25) is 0 Å². The first-order chi connectivity index (χ1) is 14.1. The van der Waals surface area contributed by atoms with Crippen molar-refractivity contribution < 1.29 is 14.3 Å². The van der Waals surface area contributed by atoms with Crippen LogP contribution in [0.5, 0.6) is 0 Å². The average Bonchev–Trinajstić information content (AvgIpc) is 3.22. The van der Waals surface area contributed by atoms with Crippen LogP contribution in [0.4, 0.5) is 5.69 Å². The third-order valence-electron chi connectivity index (χ3n) is 4.74. The first-order valence-corrected chi connectivity index (χ1v) is 10.3. The van der Waals surface area contributed by atoms with E-state index in [1.54, 1.807) is 51.8 Å². The summed E-state index contributed by atoms with van der Waals surface area (Å²) in [6, 6.07) is 16.6. The van der Waals surface area contributed by atoms with Gasteiger partial charge in [0.1, 0.15) is 0 Å². The van der Waals surface area contributed by atoms with Crippen molar-refractivity contribution in [2.24, 2.45) is 0 Å². The quantitative estimate of drug-likeness (QED) is 0.613. The summed E-state index contributed by atoms with van der Waals surface area (Å²) in [7, 11) is 0. The fourth-order valence-electron chi connectivity index (χ4n) is 3.21. The Kier molecular flexibility index (Phi) is 5.67. The molecule has 29 heavy (non-hydrogen) atoms. The Labute approximate surface area is 173 Å². The molecule has 0 radical (unpaired) electrons. The Hall–Kier alpha value is -3.06. The molecule has 1 aromatic heterocycles. The van der Waals surface area contributed by atoms with Crippen molar-refractivity contribution in [2.75, 3.05) is 18.1 Å². The van der Waals surface area contributed by atoms with E-state index >= 15 is 0 Å². The number of hydrogen-bond donors (Lipinski definition) is 0. The van der Waals surface area contributed by atoms with Crippen molar-refractivity contribution >= 4 is 29.3 Å². The van der Waals surface area contributed by atoms with Crippen molar-refractivity contribution in [1.82, 2.24) is 9.78 Å². The van der Waals surface area contributed by atoms with E-state index in [1.165, 1.54) is 0 Å². The molecular weight excluding hydrogens is 386 g/mol. The monoisotopic (exact) mass is 407 g/mol. The van der Waals surface area contributed by atoms with Gasteiger partial charge in [-0.05, 0) is 48.9 Å². The van der Waals surface area contributed by atoms with Gasteiger partial charge in [0.15, 0.2) is 6.61 Å². The highest BCUT2D eigenvalue weighted by molar-refractivity contribution is 8.00. The van der Waals surface area contributed by atoms with Crippen LogP contribution < -0.4 is 4.90 Å². The van der Waals surface area contributed by atoms with E-state index in [1.807, 2.05) is 36.5 Å². The minimum absolute atomic E-state index is 0.214. The second-order valence-electron chi connectivity index (χ2n) is 6.80. The highest BCUT2D eigenvalue weighted by Gasteiger charge is 2.25. The Morgan fingerprint density at radius 3 is 2.69 bits per heavy atom. The number of amides is 1. The van der Waals surface area contributed by atoms with Crippen molar-refractivity contribution in [2.45, 2.75) is 23.5 Å². The molecule has 1 aliphatic rings. The van der Waals surface area contributed by atoms with E-state index in [0.717, 1.165) is 22.7 Å². The zero-order chi connectivity index (χ0) is 20.2. The number of fused-ring (bicyclic) bond motifs is 1. The minimum Gasteiger partial charge on any atom is -0.452 e. The second-order valence-corrected chi connectivity index (χ2v) is 8.28. The Morgan fingerprint density at radius 1 is 1.14 bits per heavy atom. The molecule has 2 heterocycles. The summed E-state index contributed by atoms with van der Waals surface area (Å²) >= 11 is 1.77. The standard InChI is InChI=1S/C22H21N3O3S/c1-16-11-14-24(19-5-2-3-6-20(19)29-16)21(26)15-28-22(27)17-7-9-18(10-8-17)25-13-4-12-23-25/h2-10,12-13,16H,11,14-15H2,1H3. The van der Waals surface area contributed by atoms with Crippen LogP contribution in [-0.4, -0.2) is 40.1 Å². The zero-order valence-electron chi connectivity index (χ0n) is 16.0. The number of anilines is 1. The van der Waals surface area contributed by atoms with Gasteiger partial charge in [-0.2, -0.15) is 5.10 Å². The minimum atomic E-state index is -0.517. The van der Waals surface area contributed by atoms with Gasteiger partial charge in [-0.25, -0.2) is 9.48 Å². The summed E-state index contributed by atoms with van der Waals surface area (Å²) < 4.78 is 7.00. The Bertz CT molecular complexity index is 1000. The fraction of sp³-hybridized carbons (Fsp3) is 0.227. The van der Waals surface area contributed by atoms with E-state index in [2.05, 4.69) is 12.0 Å². The molecule has 3 aromatic rings. The van der Waals surface area contributed by atoms with Gasteiger partial charge in [0.05, 0.1) is 16.9 Å². The molecule has 6 nitrogen and oxygen atoms in total. The molecule has 1 atom stereocenters. The molecule has 0 fully saturated rings.